The summed E-state index contributed by atoms with van der Waals surface area (Å²) in [6, 6.07) is -0.537. The van der Waals surface area contributed by atoms with Crippen LogP contribution in [0.3, 0.4) is 0 Å². The summed E-state index contributed by atoms with van der Waals surface area (Å²) < 4.78 is 5.50. The van der Waals surface area contributed by atoms with E-state index >= 15 is 0 Å². The van der Waals surface area contributed by atoms with Crippen LogP contribution in [0.15, 0.2) is 0 Å². The molecule has 3 N–H and O–H groups in total. The van der Waals surface area contributed by atoms with Crippen LogP contribution in [0.2, 0.25) is 0 Å². The van der Waals surface area contributed by atoms with E-state index in [0.29, 0.717) is 25.9 Å². The lowest BCUT2D eigenvalue weighted by Crippen LogP contribution is -2.45. The van der Waals surface area contributed by atoms with Gasteiger partial charge in [-0.05, 0) is 25.7 Å². The molecule has 436 valence electrons. The molecule has 0 rings (SSSR count). The Morgan fingerprint density at radius 1 is 0.329 bits per heavy atom. The smallest absolute Gasteiger partial charge is 0.305 e. The number of aliphatic hydroxyl groups is 2. The first kappa shape index (κ1) is 71.9. The van der Waals surface area contributed by atoms with E-state index in [9.17, 15) is 19.8 Å². The number of ether oxygens (including phenoxy) is 1. The van der Waals surface area contributed by atoms with Crippen molar-refractivity contribution in [2.75, 3.05) is 13.2 Å². The van der Waals surface area contributed by atoms with Crippen molar-refractivity contribution >= 4 is 11.9 Å². The van der Waals surface area contributed by atoms with Crippen molar-refractivity contribution in [1.82, 2.24) is 5.32 Å². The summed E-state index contributed by atoms with van der Waals surface area (Å²) in [6.07, 6.45) is 75.7. The Morgan fingerprint density at radius 3 is 0.836 bits per heavy atom. The fraction of sp³-hybridized carbons (Fsp3) is 0.970. The lowest BCUT2D eigenvalue weighted by molar-refractivity contribution is -0.143. The molecule has 2 atom stereocenters. The van der Waals surface area contributed by atoms with Gasteiger partial charge in [0.15, 0.2) is 0 Å². The third-order valence-corrected chi connectivity index (χ3v) is 16.2. The second-order valence-electron chi connectivity index (χ2n) is 23.5. The minimum absolute atomic E-state index is 0.0221. The van der Waals surface area contributed by atoms with E-state index in [-0.39, 0.29) is 18.5 Å². The summed E-state index contributed by atoms with van der Waals surface area (Å²) in [6.45, 7) is 4.99. The molecule has 0 radical (unpaired) electrons. The van der Waals surface area contributed by atoms with E-state index in [1.54, 1.807) is 0 Å². The van der Waals surface area contributed by atoms with Crippen LogP contribution in [0.4, 0.5) is 0 Å². The van der Waals surface area contributed by atoms with E-state index in [4.69, 9.17) is 4.74 Å². The fourth-order valence-electron chi connectivity index (χ4n) is 11.0. The Morgan fingerprint density at radius 2 is 0.562 bits per heavy atom. The Kier molecular flexibility index (Phi) is 62.4. The van der Waals surface area contributed by atoms with E-state index in [1.165, 1.54) is 321 Å². The molecule has 6 nitrogen and oxygen atoms in total. The number of esters is 1. The highest BCUT2D eigenvalue weighted by Crippen LogP contribution is 2.19. The van der Waals surface area contributed by atoms with Crippen LogP contribution >= 0.6 is 0 Å². The van der Waals surface area contributed by atoms with Gasteiger partial charge in [0, 0.05) is 12.8 Å². The largest absolute Gasteiger partial charge is 0.466 e. The molecule has 0 bridgehead atoms. The second kappa shape index (κ2) is 63.4. The number of unbranched alkanes of at least 4 members (excludes halogenated alkanes) is 53. The second-order valence-corrected chi connectivity index (χ2v) is 23.5. The third kappa shape index (κ3) is 60.0. The van der Waals surface area contributed by atoms with Crippen LogP contribution in [0, 0.1) is 0 Å². The lowest BCUT2D eigenvalue weighted by Gasteiger charge is -2.22. The number of nitrogens with one attached hydrogen (secondary N) is 1. The Labute approximate surface area is 457 Å². The molecule has 0 aromatic rings. The fourth-order valence-corrected chi connectivity index (χ4v) is 11.0. The van der Waals surface area contributed by atoms with Gasteiger partial charge in [0.2, 0.25) is 5.91 Å². The number of rotatable bonds is 64. The van der Waals surface area contributed by atoms with Crippen molar-refractivity contribution in [1.29, 1.82) is 0 Å². The quantitative estimate of drug-likeness (QED) is 0.0417. The number of carbonyl (C=O) groups excluding carboxylic acids is 2. The summed E-state index contributed by atoms with van der Waals surface area (Å²) >= 11 is 0. The van der Waals surface area contributed by atoms with Gasteiger partial charge in [0.1, 0.15) is 0 Å². The summed E-state index contributed by atoms with van der Waals surface area (Å²) in [5, 5.41) is 23.3. The molecule has 0 aromatic heterocycles. The molecule has 0 saturated carbocycles. The minimum atomic E-state index is -0.660. The van der Waals surface area contributed by atoms with Crippen molar-refractivity contribution in [3.05, 3.63) is 0 Å². The highest BCUT2D eigenvalue weighted by molar-refractivity contribution is 5.76. The van der Waals surface area contributed by atoms with Crippen molar-refractivity contribution < 1.29 is 24.5 Å². The highest BCUT2D eigenvalue weighted by atomic mass is 16.5. The Balaban J connectivity index is 3.32. The van der Waals surface area contributed by atoms with Crippen LogP contribution in [0.5, 0.6) is 0 Å². The maximum atomic E-state index is 12.5. The number of carbonyl (C=O) groups is 2. The average Bonchev–Trinajstić information content (AvgIpc) is 3.39. The van der Waals surface area contributed by atoms with Crippen LogP contribution in [0.25, 0.3) is 0 Å². The molecule has 0 aliphatic rings. The first-order chi connectivity index (χ1) is 36.0. The lowest BCUT2D eigenvalue weighted by atomic mass is 10.0. The zero-order chi connectivity index (χ0) is 52.9. The maximum absolute atomic E-state index is 12.5. The standard InChI is InChI=1S/C67H133NO5/c1-3-5-7-9-11-13-15-17-32-37-41-45-49-53-57-61-67(72)73-62-58-54-50-46-42-38-34-31-29-27-25-23-21-19-20-22-24-26-28-30-33-36-40-44-48-52-56-60-66(71)68-64(63-69)65(70)59-55-51-47-43-39-35-18-16-14-12-10-8-6-4-2/h64-65,69-70H,3-63H2,1-2H3,(H,68,71). The molecule has 0 aliphatic carbocycles. The van der Waals surface area contributed by atoms with E-state index < -0.39 is 12.1 Å². The van der Waals surface area contributed by atoms with Gasteiger partial charge in [-0.15, -0.1) is 0 Å². The molecule has 0 heterocycles. The molecule has 0 aromatic carbocycles. The Bertz CT molecular complexity index is 1050. The van der Waals surface area contributed by atoms with Gasteiger partial charge in [0.25, 0.3) is 0 Å². The SMILES string of the molecule is CCCCCCCCCCCCCCCCCC(=O)OCCCCCCCCCCCCCCCCCCCCCCCCCCCCCC(=O)NC(CO)C(O)CCCCCCCCCCCCCCCC. The molecular weight excluding hydrogens is 899 g/mol. The van der Waals surface area contributed by atoms with E-state index in [2.05, 4.69) is 19.2 Å². The first-order valence-electron chi connectivity index (χ1n) is 33.8. The Hall–Kier alpha value is -1.14. The molecule has 2 unspecified atom stereocenters. The van der Waals surface area contributed by atoms with Crippen LogP contribution < -0.4 is 5.32 Å². The molecule has 0 saturated heterocycles. The molecule has 6 heteroatoms. The van der Waals surface area contributed by atoms with Gasteiger partial charge < -0.3 is 20.3 Å². The molecular formula is C67H133NO5. The van der Waals surface area contributed by atoms with Gasteiger partial charge in [-0.25, -0.2) is 0 Å². The summed E-state index contributed by atoms with van der Waals surface area (Å²) in [5.74, 6) is -0.00701. The van der Waals surface area contributed by atoms with Gasteiger partial charge in [-0.3, -0.25) is 9.59 Å². The van der Waals surface area contributed by atoms with Gasteiger partial charge in [0.05, 0.1) is 25.4 Å². The monoisotopic (exact) mass is 1030 g/mol. The van der Waals surface area contributed by atoms with Gasteiger partial charge in [-0.1, -0.05) is 354 Å². The first-order valence-corrected chi connectivity index (χ1v) is 33.8. The van der Waals surface area contributed by atoms with Gasteiger partial charge >= 0.3 is 5.97 Å². The molecule has 0 spiro atoms. The zero-order valence-corrected chi connectivity index (χ0v) is 49.9. The summed E-state index contributed by atoms with van der Waals surface area (Å²) in [4.78, 5) is 24.6. The topological polar surface area (TPSA) is 95.9 Å². The zero-order valence-electron chi connectivity index (χ0n) is 49.9. The molecule has 1 amide bonds. The van der Waals surface area contributed by atoms with Crippen molar-refractivity contribution in [2.45, 2.75) is 405 Å². The summed E-state index contributed by atoms with van der Waals surface area (Å²) in [7, 11) is 0. The van der Waals surface area contributed by atoms with E-state index in [1.807, 2.05) is 0 Å². The van der Waals surface area contributed by atoms with E-state index in [0.717, 1.165) is 38.5 Å². The molecule has 0 fully saturated rings. The third-order valence-electron chi connectivity index (χ3n) is 16.2. The van der Waals surface area contributed by atoms with Crippen molar-refractivity contribution in [3.8, 4) is 0 Å². The average molecular weight is 1030 g/mol. The number of aliphatic hydroxyl groups excluding tert-OH is 2. The predicted octanol–water partition coefficient (Wildman–Crippen LogP) is 21.4. The minimum Gasteiger partial charge on any atom is -0.466 e. The highest BCUT2D eigenvalue weighted by Gasteiger charge is 2.20. The molecule has 73 heavy (non-hydrogen) atoms. The predicted molar refractivity (Wildman–Crippen MR) is 320 cm³/mol. The number of hydrogen-bond donors (Lipinski definition) is 3. The van der Waals surface area contributed by atoms with Crippen LogP contribution in [-0.2, 0) is 14.3 Å². The normalized spacial score (nSPS) is 12.4. The van der Waals surface area contributed by atoms with Crippen molar-refractivity contribution in [3.63, 3.8) is 0 Å². The van der Waals surface area contributed by atoms with Crippen LogP contribution in [-0.4, -0.2) is 47.4 Å². The number of amides is 1. The summed E-state index contributed by atoms with van der Waals surface area (Å²) in [5.41, 5.74) is 0. The van der Waals surface area contributed by atoms with Crippen molar-refractivity contribution in [2.24, 2.45) is 0 Å². The van der Waals surface area contributed by atoms with Crippen LogP contribution in [0.1, 0.15) is 393 Å². The number of hydrogen-bond acceptors (Lipinski definition) is 5. The van der Waals surface area contributed by atoms with Gasteiger partial charge in [-0.2, -0.15) is 0 Å². The molecule has 0 aliphatic heterocycles. The maximum Gasteiger partial charge on any atom is 0.305 e.